The molecule has 0 aliphatic carbocycles. The molecule has 22 heavy (non-hydrogen) atoms. The lowest BCUT2D eigenvalue weighted by molar-refractivity contribution is -0.385. The van der Waals surface area contributed by atoms with Crippen LogP contribution in [0.4, 0.5) is 11.4 Å². The van der Waals surface area contributed by atoms with Crippen LogP contribution in [0.3, 0.4) is 0 Å². The highest BCUT2D eigenvalue weighted by Gasteiger charge is 2.23. The third-order valence-corrected chi connectivity index (χ3v) is 3.07. The van der Waals surface area contributed by atoms with Crippen molar-refractivity contribution in [3.05, 3.63) is 69.3 Å². The van der Waals surface area contributed by atoms with Crippen molar-refractivity contribution in [2.45, 2.75) is 6.92 Å². The second-order valence-corrected chi connectivity index (χ2v) is 4.53. The number of aromatic carboxylic acids is 1. The first-order valence-electron chi connectivity index (χ1n) is 6.29. The summed E-state index contributed by atoms with van der Waals surface area (Å²) >= 11 is 0. The summed E-state index contributed by atoms with van der Waals surface area (Å²) in [6, 6.07) is 10.2. The van der Waals surface area contributed by atoms with Crippen molar-refractivity contribution in [3.8, 4) is 0 Å². The van der Waals surface area contributed by atoms with Gasteiger partial charge in [-0.15, -0.1) is 0 Å². The van der Waals surface area contributed by atoms with Gasteiger partial charge in [-0.1, -0.05) is 24.3 Å². The average molecular weight is 300 g/mol. The van der Waals surface area contributed by atoms with Gasteiger partial charge in [0.15, 0.2) is 0 Å². The van der Waals surface area contributed by atoms with Crippen LogP contribution in [-0.4, -0.2) is 21.9 Å². The molecule has 0 spiro atoms. The predicted molar refractivity (Wildman–Crippen MR) is 79.2 cm³/mol. The highest BCUT2D eigenvalue weighted by atomic mass is 16.6. The molecule has 0 aliphatic rings. The number of amides is 1. The number of hydrogen-bond acceptors (Lipinski definition) is 4. The molecule has 2 aromatic rings. The number of rotatable bonds is 4. The van der Waals surface area contributed by atoms with E-state index in [4.69, 9.17) is 5.11 Å². The number of carboxylic acids is 1. The van der Waals surface area contributed by atoms with Crippen molar-refractivity contribution < 1.29 is 19.6 Å². The highest BCUT2D eigenvalue weighted by molar-refractivity contribution is 6.10. The van der Waals surface area contributed by atoms with E-state index in [1.807, 2.05) is 0 Å². The number of hydrogen-bond donors (Lipinski definition) is 2. The van der Waals surface area contributed by atoms with E-state index in [0.29, 0.717) is 5.56 Å². The standard InChI is InChI=1S/C15H12N2O5/c1-9-5-4-7-11(13(9)17(21)22)14(18)16-12-8-3-2-6-10(12)15(19)20/h2-8H,1H3,(H,16,18)(H,19,20). The van der Waals surface area contributed by atoms with Gasteiger partial charge in [0, 0.05) is 5.56 Å². The smallest absolute Gasteiger partial charge is 0.337 e. The number of nitro benzene ring substituents is 1. The minimum absolute atomic E-state index is 0.0794. The lowest BCUT2D eigenvalue weighted by Gasteiger charge is -2.09. The second-order valence-electron chi connectivity index (χ2n) is 4.53. The zero-order valence-electron chi connectivity index (χ0n) is 11.6. The number of anilines is 1. The van der Waals surface area contributed by atoms with Crippen LogP contribution in [0.5, 0.6) is 0 Å². The average Bonchev–Trinajstić information content (AvgIpc) is 2.46. The first-order chi connectivity index (χ1) is 10.4. The summed E-state index contributed by atoms with van der Waals surface area (Å²) in [7, 11) is 0. The molecule has 0 aliphatic heterocycles. The van der Waals surface area contributed by atoms with Crippen LogP contribution in [0.15, 0.2) is 42.5 Å². The Balaban J connectivity index is 2.41. The number of nitro groups is 1. The van der Waals surface area contributed by atoms with Crippen LogP contribution in [0.25, 0.3) is 0 Å². The number of aryl methyl sites for hydroxylation is 1. The molecule has 2 N–H and O–H groups in total. The van der Waals surface area contributed by atoms with E-state index in [0.717, 1.165) is 0 Å². The molecule has 0 aromatic heterocycles. The molecule has 1 amide bonds. The summed E-state index contributed by atoms with van der Waals surface area (Å²) in [5.41, 5.74) is -0.0795. The number of carbonyl (C=O) groups is 2. The van der Waals surface area contributed by atoms with Crippen molar-refractivity contribution in [2.75, 3.05) is 5.32 Å². The molecule has 0 fully saturated rings. The lowest BCUT2D eigenvalue weighted by Crippen LogP contribution is -2.16. The molecule has 0 radical (unpaired) electrons. The molecule has 7 nitrogen and oxygen atoms in total. The Morgan fingerprint density at radius 2 is 1.73 bits per heavy atom. The summed E-state index contributed by atoms with van der Waals surface area (Å²) in [6.45, 7) is 1.53. The fraction of sp³-hybridized carbons (Fsp3) is 0.0667. The molecule has 0 saturated heterocycles. The minimum atomic E-state index is -1.20. The molecule has 0 atom stereocenters. The summed E-state index contributed by atoms with van der Waals surface area (Å²) in [5, 5.41) is 22.6. The zero-order valence-corrected chi connectivity index (χ0v) is 11.6. The maximum Gasteiger partial charge on any atom is 0.337 e. The minimum Gasteiger partial charge on any atom is -0.478 e. The summed E-state index contributed by atoms with van der Waals surface area (Å²) in [5.74, 6) is -1.93. The Hall–Kier alpha value is -3.22. The van der Waals surface area contributed by atoms with Crippen LogP contribution in [0.2, 0.25) is 0 Å². The van der Waals surface area contributed by atoms with Gasteiger partial charge in [0.2, 0.25) is 0 Å². The molecular formula is C15H12N2O5. The Labute approximate surface area is 125 Å². The Bertz CT molecular complexity index is 770. The van der Waals surface area contributed by atoms with E-state index in [1.54, 1.807) is 6.07 Å². The van der Waals surface area contributed by atoms with Gasteiger partial charge < -0.3 is 10.4 Å². The molecule has 112 valence electrons. The van der Waals surface area contributed by atoms with Crippen LogP contribution >= 0.6 is 0 Å². The summed E-state index contributed by atoms with van der Waals surface area (Å²) in [6.07, 6.45) is 0. The molecule has 0 bridgehead atoms. The van der Waals surface area contributed by atoms with Gasteiger partial charge in [0.25, 0.3) is 11.6 Å². The van der Waals surface area contributed by atoms with Gasteiger partial charge >= 0.3 is 5.97 Å². The number of nitrogens with zero attached hydrogens (tertiary/aromatic N) is 1. The van der Waals surface area contributed by atoms with E-state index < -0.39 is 16.8 Å². The second kappa shape index (κ2) is 6.04. The van der Waals surface area contributed by atoms with Crippen molar-refractivity contribution in [2.24, 2.45) is 0 Å². The molecule has 7 heteroatoms. The molecule has 2 rings (SSSR count). The molecular weight excluding hydrogens is 288 g/mol. The maximum atomic E-state index is 12.3. The van der Waals surface area contributed by atoms with Crippen LogP contribution < -0.4 is 5.32 Å². The third kappa shape index (κ3) is 2.93. The van der Waals surface area contributed by atoms with Gasteiger partial charge in [-0.25, -0.2) is 4.79 Å². The first kappa shape index (κ1) is 15.2. The first-order valence-corrected chi connectivity index (χ1v) is 6.29. The van der Waals surface area contributed by atoms with Crippen molar-refractivity contribution in [3.63, 3.8) is 0 Å². The monoisotopic (exact) mass is 300 g/mol. The fourth-order valence-electron chi connectivity index (χ4n) is 2.05. The van der Waals surface area contributed by atoms with Crippen LogP contribution in [-0.2, 0) is 0 Å². The summed E-state index contributed by atoms with van der Waals surface area (Å²) < 4.78 is 0. The van der Waals surface area contributed by atoms with E-state index in [1.165, 1.54) is 43.3 Å². The number of para-hydroxylation sites is 2. The number of carbonyl (C=O) groups excluding carboxylic acids is 1. The Morgan fingerprint density at radius 3 is 2.36 bits per heavy atom. The largest absolute Gasteiger partial charge is 0.478 e. The fourth-order valence-corrected chi connectivity index (χ4v) is 2.05. The van der Waals surface area contributed by atoms with Gasteiger partial charge in [-0.2, -0.15) is 0 Å². The van der Waals surface area contributed by atoms with Crippen molar-refractivity contribution >= 4 is 23.3 Å². The Kier molecular flexibility index (Phi) is 4.17. The SMILES string of the molecule is Cc1cccc(C(=O)Nc2ccccc2C(=O)O)c1[N+](=O)[O-]. The van der Waals surface area contributed by atoms with E-state index >= 15 is 0 Å². The molecule has 0 unspecified atom stereocenters. The molecule has 0 saturated carbocycles. The Morgan fingerprint density at radius 1 is 1.09 bits per heavy atom. The lowest BCUT2D eigenvalue weighted by atomic mass is 10.1. The van der Waals surface area contributed by atoms with Gasteiger partial charge in [-0.05, 0) is 25.1 Å². The van der Waals surface area contributed by atoms with Gasteiger partial charge in [0.05, 0.1) is 16.2 Å². The normalized spacial score (nSPS) is 10.0. The number of nitrogens with one attached hydrogen (secondary N) is 1. The summed E-state index contributed by atoms with van der Waals surface area (Å²) in [4.78, 5) is 33.8. The molecule has 0 heterocycles. The number of benzene rings is 2. The van der Waals surface area contributed by atoms with E-state index in [-0.39, 0.29) is 22.5 Å². The van der Waals surface area contributed by atoms with Gasteiger partial charge in [0.1, 0.15) is 5.56 Å². The quantitative estimate of drug-likeness (QED) is 0.666. The van der Waals surface area contributed by atoms with Crippen LogP contribution in [0.1, 0.15) is 26.3 Å². The zero-order chi connectivity index (χ0) is 16.3. The topological polar surface area (TPSA) is 110 Å². The third-order valence-electron chi connectivity index (χ3n) is 3.07. The van der Waals surface area contributed by atoms with Crippen LogP contribution in [0, 0.1) is 17.0 Å². The number of carboxylic acid groups (broad SMARTS) is 1. The van der Waals surface area contributed by atoms with Crippen molar-refractivity contribution in [1.29, 1.82) is 0 Å². The molecule has 2 aromatic carbocycles. The highest BCUT2D eigenvalue weighted by Crippen LogP contribution is 2.24. The van der Waals surface area contributed by atoms with Crippen molar-refractivity contribution in [1.82, 2.24) is 0 Å². The van der Waals surface area contributed by atoms with Gasteiger partial charge in [-0.3, -0.25) is 14.9 Å². The van der Waals surface area contributed by atoms with E-state index in [9.17, 15) is 19.7 Å². The van der Waals surface area contributed by atoms with E-state index in [2.05, 4.69) is 5.32 Å². The predicted octanol–water partition coefficient (Wildman–Crippen LogP) is 2.85. The maximum absolute atomic E-state index is 12.3.